The van der Waals surface area contributed by atoms with Crippen molar-refractivity contribution in [1.29, 1.82) is 0 Å². The van der Waals surface area contributed by atoms with E-state index in [1.54, 1.807) is 12.1 Å². The van der Waals surface area contributed by atoms with Gasteiger partial charge in [-0.15, -0.1) is 0 Å². The number of unbranched alkanes of at least 4 members (excludes halogenated alkanes) is 5. The summed E-state index contributed by atoms with van der Waals surface area (Å²) < 4.78 is 5.14. The summed E-state index contributed by atoms with van der Waals surface area (Å²) in [5.74, 6) is 0.684. The molecule has 0 aromatic heterocycles. The van der Waals surface area contributed by atoms with Crippen molar-refractivity contribution in [1.82, 2.24) is 5.32 Å². The molecule has 1 rings (SSSR count). The van der Waals surface area contributed by atoms with Crippen molar-refractivity contribution in [2.24, 2.45) is 0 Å². The number of aryl methyl sites for hydroxylation is 1. The van der Waals surface area contributed by atoms with Gasteiger partial charge in [-0.3, -0.25) is 4.79 Å². The smallest absolute Gasteiger partial charge is 0.220 e. The van der Waals surface area contributed by atoms with Crippen LogP contribution in [0, 0.1) is 0 Å². The molecule has 0 bridgehead atoms. The number of amides is 1. The van der Waals surface area contributed by atoms with Crippen molar-refractivity contribution in [3.8, 4) is 11.5 Å². The first-order valence-electron chi connectivity index (χ1n) is 8.77. The molecule has 0 unspecified atom stereocenters. The Hall–Kier alpha value is -1.71. The number of carbonyl (C=O) groups is 1. The number of benzene rings is 1. The first-order valence-corrected chi connectivity index (χ1v) is 8.77. The highest BCUT2D eigenvalue weighted by Crippen LogP contribution is 2.29. The van der Waals surface area contributed by atoms with Crippen molar-refractivity contribution in [3.63, 3.8) is 0 Å². The summed E-state index contributed by atoms with van der Waals surface area (Å²) in [5, 5.41) is 12.8. The lowest BCUT2D eigenvalue weighted by molar-refractivity contribution is -0.121. The lowest BCUT2D eigenvalue weighted by Gasteiger charge is -2.13. The van der Waals surface area contributed by atoms with Crippen LogP contribution in [0.5, 0.6) is 11.5 Å². The Morgan fingerprint density at radius 1 is 1.09 bits per heavy atom. The fraction of sp³-hybridized carbons (Fsp3) is 0.632. The second-order valence-corrected chi connectivity index (χ2v) is 5.94. The fourth-order valence-corrected chi connectivity index (χ4v) is 2.66. The van der Waals surface area contributed by atoms with E-state index < -0.39 is 0 Å². The third-order valence-electron chi connectivity index (χ3n) is 4.12. The fourth-order valence-electron chi connectivity index (χ4n) is 2.66. The van der Waals surface area contributed by atoms with Gasteiger partial charge in [0.1, 0.15) is 0 Å². The Balaban J connectivity index is 2.40. The lowest BCUT2D eigenvalue weighted by atomic mass is 10.0. The summed E-state index contributed by atoms with van der Waals surface area (Å²) >= 11 is 0. The van der Waals surface area contributed by atoms with Crippen molar-refractivity contribution in [2.45, 2.75) is 71.8 Å². The number of ether oxygens (including phenoxy) is 1. The van der Waals surface area contributed by atoms with Gasteiger partial charge < -0.3 is 15.2 Å². The van der Waals surface area contributed by atoms with Crippen LogP contribution in [0.15, 0.2) is 12.1 Å². The molecule has 0 saturated carbocycles. The van der Waals surface area contributed by atoms with E-state index in [0.717, 1.165) is 30.4 Å². The normalized spacial score (nSPS) is 10.6. The van der Waals surface area contributed by atoms with Crippen molar-refractivity contribution in [3.05, 3.63) is 23.3 Å². The maximum atomic E-state index is 11.9. The van der Waals surface area contributed by atoms with Gasteiger partial charge in [-0.05, 0) is 36.1 Å². The van der Waals surface area contributed by atoms with Gasteiger partial charge in [0, 0.05) is 13.0 Å². The van der Waals surface area contributed by atoms with Crippen LogP contribution in [0.4, 0.5) is 0 Å². The number of nitrogens with one attached hydrogen (secondary N) is 1. The van der Waals surface area contributed by atoms with Crippen LogP contribution >= 0.6 is 0 Å². The largest absolute Gasteiger partial charge is 0.504 e. The van der Waals surface area contributed by atoms with E-state index in [4.69, 9.17) is 4.74 Å². The lowest BCUT2D eigenvalue weighted by Crippen LogP contribution is -2.23. The van der Waals surface area contributed by atoms with Gasteiger partial charge in [0.2, 0.25) is 5.91 Å². The molecule has 1 aromatic carbocycles. The van der Waals surface area contributed by atoms with E-state index in [0.29, 0.717) is 18.7 Å². The van der Waals surface area contributed by atoms with E-state index in [2.05, 4.69) is 12.2 Å². The van der Waals surface area contributed by atoms with E-state index in [9.17, 15) is 9.90 Å². The van der Waals surface area contributed by atoms with Crippen molar-refractivity contribution in [2.75, 3.05) is 7.11 Å². The number of phenols is 1. The zero-order valence-corrected chi connectivity index (χ0v) is 14.8. The first kappa shape index (κ1) is 19.3. The predicted molar refractivity (Wildman–Crippen MR) is 93.9 cm³/mol. The monoisotopic (exact) mass is 321 g/mol. The van der Waals surface area contributed by atoms with Crippen LogP contribution < -0.4 is 10.1 Å². The molecule has 130 valence electrons. The number of rotatable bonds is 11. The zero-order chi connectivity index (χ0) is 17.1. The molecule has 2 N–H and O–H groups in total. The third-order valence-corrected chi connectivity index (χ3v) is 4.12. The Bertz CT molecular complexity index is 486. The zero-order valence-electron chi connectivity index (χ0n) is 14.8. The average Bonchev–Trinajstić information content (AvgIpc) is 2.56. The molecule has 4 nitrogen and oxygen atoms in total. The molecule has 0 saturated heterocycles. The van der Waals surface area contributed by atoms with E-state index in [-0.39, 0.29) is 11.7 Å². The van der Waals surface area contributed by atoms with E-state index in [1.807, 2.05) is 6.92 Å². The number of hydrogen-bond acceptors (Lipinski definition) is 3. The molecule has 0 atom stereocenters. The number of methoxy groups -OCH3 is 1. The van der Waals surface area contributed by atoms with Crippen LogP contribution in [-0.2, 0) is 17.8 Å². The second-order valence-electron chi connectivity index (χ2n) is 5.94. The Morgan fingerprint density at radius 3 is 2.43 bits per heavy atom. The molecule has 0 aliphatic heterocycles. The van der Waals surface area contributed by atoms with Gasteiger partial charge >= 0.3 is 0 Å². The molecule has 1 aromatic rings. The molecule has 0 heterocycles. The average molecular weight is 321 g/mol. The summed E-state index contributed by atoms with van der Waals surface area (Å²) in [6.45, 7) is 4.72. The molecule has 0 spiro atoms. The first-order chi connectivity index (χ1) is 11.1. The van der Waals surface area contributed by atoms with Gasteiger partial charge in [-0.1, -0.05) is 46.0 Å². The summed E-state index contributed by atoms with van der Waals surface area (Å²) in [7, 11) is 1.53. The summed E-state index contributed by atoms with van der Waals surface area (Å²) in [5.41, 5.74) is 2.03. The molecule has 0 aliphatic rings. The highest BCUT2D eigenvalue weighted by Gasteiger charge is 2.10. The summed E-state index contributed by atoms with van der Waals surface area (Å²) in [4.78, 5) is 11.9. The number of phenolic OH excluding ortho intramolecular Hbond substituents is 1. The third kappa shape index (κ3) is 6.93. The van der Waals surface area contributed by atoms with Gasteiger partial charge in [0.25, 0.3) is 0 Å². The van der Waals surface area contributed by atoms with Crippen LogP contribution in [0.3, 0.4) is 0 Å². The molecular formula is C19H31NO3. The van der Waals surface area contributed by atoms with Gasteiger partial charge in [0.05, 0.1) is 7.11 Å². The van der Waals surface area contributed by atoms with Gasteiger partial charge in [-0.25, -0.2) is 0 Å². The number of aromatic hydroxyl groups is 1. The van der Waals surface area contributed by atoms with Crippen LogP contribution in [0.25, 0.3) is 0 Å². The van der Waals surface area contributed by atoms with Crippen molar-refractivity contribution < 1.29 is 14.6 Å². The highest BCUT2D eigenvalue weighted by atomic mass is 16.5. The van der Waals surface area contributed by atoms with E-state index in [1.165, 1.54) is 32.8 Å². The summed E-state index contributed by atoms with van der Waals surface area (Å²) in [6.07, 6.45) is 8.49. The molecule has 0 fully saturated rings. The molecular weight excluding hydrogens is 290 g/mol. The maximum absolute atomic E-state index is 11.9. The molecule has 0 radical (unpaired) electrons. The Kier molecular flexibility index (Phi) is 9.18. The van der Waals surface area contributed by atoms with Gasteiger partial charge in [-0.2, -0.15) is 0 Å². The van der Waals surface area contributed by atoms with Crippen LogP contribution in [0.2, 0.25) is 0 Å². The minimum atomic E-state index is 0.0922. The SMILES string of the molecule is CCCCCCCCC(=O)NCc1cc(OC)c(O)cc1CC. The summed E-state index contributed by atoms with van der Waals surface area (Å²) in [6, 6.07) is 3.52. The maximum Gasteiger partial charge on any atom is 0.220 e. The predicted octanol–water partition coefficient (Wildman–Crippen LogP) is 4.33. The Morgan fingerprint density at radius 2 is 1.78 bits per heavy atom. The molecule has 0 aliphatic carbocycles. The Labute approximate surface area is 140 Å². The molecule has 23 heavy (non-hydrogen) atoms. The minimum absolute atomic E-state index is 0.0922. The number of hydrogen-bond donors (Lipinski definition) is 2. The standard InChI is InChI=1S/C19H31NO3/c1-4-6-7-8-9-10-11-19(22)20-14-16-13-18(23-3)17(21)12-15(16)5-2/h12-13,21H,4-11,14H2,1-3H3,(H,20,22). The minimum Gasteiger partial charge on any atom is -0.504 e. The quantitative estimate of drug-likeness (QED) is 0.596. The molecule has 4 heteroatoms. The van der Waals surface area contributed by atoms with Crippen LogP contribution in [0.1, 0.15) is 69.9 Å². The van der Waals surface area contributed by atoms with Crippen LogP contribution in [-0.4, -0.2) is 18.1 Å². The van der Waals surface area contributed by atoms with E-state index >= 15 is 0 Å². The topological polar surface area (TPSA) is 58.6 Å². The highest BCUT2D eigenvalue weighted by molar-refractivity contribution is 5.75. The van der Waals surface area contributed by atoms with Crippen molar-refractivity contribution >= 4 is 5.91 Å². The number of carbonyl (C=O) groups excluding carboxylic acids is 1. The molecule has 1 amide bonds. The van der Waals surface area contributed by atoms with Gasteiger partial charge in [0.15, 0.2) is 11.5 Å². The second kappa shape index (κ2) is 10.9.